The third-order valence-electron chi connectivity index (χ3n) is 2.20. The molecule has 0 saturated heterocycles. The Morgan fingerprint density at radius 3 is 2.65 bits per heavy atom. The van der Waals surface area contributed by atoms with Crippen LogP contribution in [0.5, 0.6) is 0 Å². The van der Waals surface area contributed by atoms with Gasteiger partial charge in [0, 0.05) is 10.8 Å². The van der Waals surface area contributed by atoms with Crippen LogP contribution in [-0.4, -0.2) is 16.9 Å². The zero-order valence-corrected chi connectivity index (χ0v) is 10.5. The summed E-state index contributed by atoms with van der Waals surface area (Å²) in [5.74, 6) is -0.378. The van der Waals surface area contributed by atoms with Crippen LogP contribution in [0.4, 0.5) is 0 Å². The molecule has 1 heterocycles. The maximum Gasteiger partial charge on any atom is 0.368 e. The average molecular weight is 247 g/mol. The fraction of sp³-hybridized carbons (Fsp3) is 0.231. The van der Waals surface area contributed by atoms with Crippen molar-refractivity contribution < 1.29 is 9.63 Å². The van der Waals surface area contributed by atoms with E-state index in [9.17, 15) is 4.79 Å². The highest BCUT2D eigenvalue weighted by Crippen LogP contribution is 2.22. The first kappa shape index (κ1) is 11.9. The molecule has 2 rings (SSSR count). The summed E-state index contributed by atoms with van der Waals surface area (Å²) >= 11 is 1.59. The molecule has 17 heavy (non-hydrogen) atoms. The Morgan fingerprint density at radius 1 is 1.29 bits per heavy atom. The predicted molar refractivity (Wildman–Crippen MR) is 69.9 cm³/mol. The molecule has 0 bridgehead atoms. The van der Waals surface area contributed by atoms with Crippen molar-refractivity contribution in [2.75, 3.05) is 0 Å². The van der Waals surface area contributed by atoms with Gasteiger partial charge in [-0.05, 0) is 5.41 Å². The molecule has 3 nitrogen and oxygen atoms in total. The van der Waals surface area contributed by atoms with Crippen LogP contribution >= 0.6 is 11.8 Å². The molecule has 0 aliphatic carbocycles. The van der Waals surface area contributed by atoms with Crippen molar-refractivity contribution in [3.05, 3.63) is 46.9 Å². The van der Waals surface area contributed by atoms with Crippen LogP contribution < -0.4 is 0 Å². The maximum atomic E-state index is 11.6. The van der Waals surface area contributed by atoms with Crippen LogP contribution in [0, 0.1) is 0 Å². The number of hydrogen-bond acceptors (Lipinski definition) is 4. The van der Waals surface area contributed by atoms with Gasteiger partial charge in [0.1, 0.15) is 5.71 Å². The predicted octanol–water partition coefficient (Wildman–Crippen LogP) is 2.97. The Morgan fingerprint density at radius 2 is 2.00 bits per heavy atom. The van der Waals surface area contributed by atoms with Crippen molar-refractivity contribution in [3.63, 3.8) is 0 Å². The number of carbonyl (C=O) groups excluding carboxylic acids is 1. The Labute approximate surface area is 105 Å². The second-order valence-electron chi connectivity index (χ2n) is 3.90. The molecule has 0 atom stereocenters. The first-order valence-electron chi connectivity index (χ1n) is 5.39. The largest absolute Gasteiger partial charge is 0.368 e. The van der Waals surface area contributed by atoms with Gasteiger partial charge < -0.3 is 4.84 Å². The summed E-state index contributed by atoms with van der Waals surface area (Å²) < 4.78 is 0. The number of benzene rings is 1. The third-order valence-corrected chi connectivity index (χ3v) is 3.12. The average Bonchev–Trinajstić information content (AvgIpc) is 2.69. The van der Waals surface area contributed by atoms with Gasteiger partial charge in [0.25, 0.3) is 0 Å². The second-order valence-corrected chi connectivity index (χ2v) is 5.35. The van der Waals surface area contributed by atoms with Gasteiger partial charge in [-0.25, -0.2) is 4.79 Å². The summed E-state index contributed by atoms with van der Waals surface area (Å²) in [6, 6.07) is 9.57. The lowest BCUT2D eigenvalue weighted by Gasteiger charge is -2.01. The summed E-state index contributed by atoms with van der Waals surface area (Å²) in [5.41, 5.74) is 2.05. The van der Waals surface area contributed by atoms with Crippen molar-refractivity contribution in [3.8, 4) is 0 Å². The molecule has 0 spiro atoms. The van der Waals surface area contributed by atoms with Gasteiger partial charge in [-0.3, -0.25) is 0 Å². The minimum Gasteiger partial charge on any atom is -0.312 e. The molecule has 0 unspecified atom stereocenters. The standard InChI is InChI=1S/C13H13NO2S/c1-9(2)17-8-11-12(14-16-13(11)15)10-6-4-3-5-7-10/h3-9H,1-2H3/b11-8-. The van der Waals surface area contributed by atoms with Crippen molar-refractivity contribution >= 4 is 23.4 Å². The maximum absolute atomic E-state index is 11.6. The van der Waals surface area contributed by atoms with Crippen molar-refractivity contribution in [1.29, 1.82) is 0 Å². The number of carbonyl (C=O) groups is 1. The van der Waals surface area contributed by atoms with Gasteiger partial charge in [0.2, 0.25) is 0 Å². The van der Waals surface area contributed by atoms with Crippen molar-refractivity contribution in [2.45, 2.75) is 19.1 Å². The van der Waals surface area contributed by atoms with Crippen LogP contribution in [0.25, 0.3) is 0 Å². The van der Waals surface area contributed by atoms with Gasteiger partial charge >= 0.3 is 5.97 Å². The molecular weight excluding hydrogens is 234 g/mol. The quantitative estimate of drug-likeness (QED) is 0.609. The fourth-order valence-electron chi connectivity index (χ4n) is 1.39. The summed E-state index contributed by atoms with van der Waals surface area (Å²) in [5, 5.41) is 6.08. The topological polar surface area (TPSA) is 38.7 Å². The van der Waals surface area contributed by atoms with E-state index in [4.69, 9.17) is 4.84 Å². The highest BCUT2D eigenvalue weighted by Gasteiger charge is 2.26. The number of rotatable bonds is 3. The lowest BCUT2D eigenvalue weighted by atomic mass is 10.1. The molecule has 1 aromatic rings. The molecule has 0 radical (unpaired) electrons. The van der Waals surface area contributed by atoms with Gasteiger partial charge in [0.15, 0.2) is 0 Å². The summed E-state index contributed by atoms with van der Waals surface area (Å²) in [7, 11) is 0. The molecule has 0 saturated carbocycles. The highest BCUT2D eigenvalue weighted by atomic mass is 32.2. The highest BCUT2D eigenvalue weighted by molar-refractivity contribution is 8.02. The zero-order chi connectivity index (χ0) is 12.3. The molecule has 0 aromatic heterocycles. The van der Waals surface area contributed by atoms with Crippen molar-refractivity contribution in [1.82, 2.24) is 0 Å². The first-order chi connectivity index (χ1) is 8.18. The van der Waals surface area contributed by atoms with Crippen LogP contribution in [0.2, 0.25) is 0 Å². The minimum atomic E-state index is -0.378. The molecule has 4 heteroatoms. The Balaban J connectivity index is 2.28. The van der Waals surface area contributed by atoms with Crippen LogP contribution in [0.3, 0.4) is 0 Å². The van der Waals surface area contributed by atoms with Gasteiger partial charge in [0.05, 0.1) is 5.57 Å². The Bertz CT molecular complexity index is 477. The van der Waals surface area contributed by atoms with E-state index in [0.29, 0.717) is 16.5 Å². The molecule has 1 aliphatic rings. The van der Waals surface area contributed by atoms with E-state index >= 15 is 0 Å². The normalized spacial score (nSPS) is 17.5. The van der Waals surface area contributed by atoms with E-state index in [-0.39, 0.29) is 5.97 Å². The molecule has 0 fully saturated rings. The minimum absolute atomic E-state index is 0.378. The summed E-state index contributed by atoms with van der Waals surface area (Å²) in [6.07, 6.45) is 0. The zero-order valence-electron chi connectivity index (χ0n) is 9.71. The van der Waals surface area contributed by atoms with Crippen molar-refractivity contribution in [2.24, 2.45) is 5.16 Å². The fourth-order valence-corrected chi connectivity index (χ4v) is 2.01. The molecule has 1 aromatic carbocycles. The van der Waals surface area contributed by atoms with Gasteiger partial charge in [-0.15, -0.1) is 11.8 Å². The van der Waals surface area contributed by atoms with Gasteiger partial charge in [-0.1, -0.05) is 49.3 Å². The molecular formula is C13H13NO2S. The second kappa shape index (κ2) is 5.19. The van der Waals surface area contributed by atoms with E-state index in [1.54, 1.807) is 11.8 Å². The summed E-state index contributed by atoms with van der Waals surface area (Å²) in [6.45, 7) is 4.14. The number of hydrogen-bond donors (Lipinski definition) is 0. The van der Waals surface area contributed by atoms with E-state index < -0.39 is 0 Å². The van der Waals surface area contributed by atoms with Crippen LogP contribution in [-0.2, 0) is 9.63 Å². The molecule has 0 amide bonds. The van der Waals surface area contributed by atoms with E-state index in [2.05, 4.69) is 19.0 Å². The van der Waals surface area contributed by atoms with Crippen LogP contribution in [0.1, 0.15) is 19.4 Å². The lowest BCUT2D eigenvalue weighted by Crippen LogP contribution is -2.06. The summed E-state index contributed by atoms with van der Waals surface area (Å²) in [4.78, 5) is 16.3. The van der Waals surface area contributed by atoms with Crippen LogP contribution in [0.15, 0.2) is 46.5 Å². The third kappa shape index (κ3) is 2.77. The number of nitrogens with zero attached hydrogens (tertiary/aromatic N) is 1. The lowest BCUT2D eigenvalue weighted by molar-refractivity contribution is -0.136. The molecule has 88 valence electrons. The molecule has 1 aliphatic heterocycles. The Kier molecular flexibility index (Phi) is 3.64. The number of oxime groups is 1. The van der Waals surface area contributed by atoms with E-state index in [1.165, 1.54) is 0 Å². The monoisotopic (exact) mass is 247 g/mol. The van der Waals surface area contributed by atoms with E-state index in [1.807, 2.05) is 35.7 Å². The SMILES string of the molecule is CC(C)S/C=C1\C(=O)ON=C1c1ccccc1. The van der Waals surface area contributed by atoms with Gasteiger partial charge in [-0.2, -0.15) is 0 Å². The molecule has 0 N–H and O–H groups in total. The Hall–Kier alpha value is -1.55. The smallest absolute Gasteiger partial charge is 0.312 e. The first-order valence-corrected chi connectivity index (χ1v) is 6.33. The number of thioether (sulfide) groups is 1. The van der Waals surface area contributed by atoms with E-state index in [0.717, 1.165) is 5.56 Å².